The number of ether oxygens (including phenoxy) is 2. The van der Waals surface area contributed by atoms with E-state index in [9.17, 15) is 4.79 Å². The first-order chi connectivity index (χ1) is 18.0. The number of aryl methyl sites for hydroxylation is 1. The number of imidazole rings is 1. The zero-order chi connectivity index (χ0) is 25.8. The minimum atomic E-state index is -0.116. The highest BCUT2D eigenvalue weighted by Crippen LogP contribution is 2.29. The van der Waals surface area contributed by atoms with Gasteiger partial charge in [-0.1, -0.05) is 35.9 Å². The van der Waals surface area contributed by atoms with Gasteiger partial charge in [-0.2, -0.15) is 4.98 Å². The molecule has 0 aliphatic rings. The van der Waals surface area contributed by atoms with E-state index < -0.39 is 0 Å². The summed E-state index contributed by atoms with van der Waals surface area (Å²) in [5.74, 6) is 1.82. The number of hydrogen-bond donors (Lipinski definition) is 1. The number of para-hydroxylation sites is 2. The van der Waals surface area contributed by atoms with Gasteiger partial charge in [0.1, 0.15) is 29.3 Å². The zero-order valence-corrected chi connectivity index (χ0v) is 21.2. The topological polar surface area (TPSA) is 91.4 Å². The molecule has 0 atom stereocenters. The molecule has 0 bridgehead atoms. The second kappa shape index (κ2) is 10.8. The van der Waals surface area contributed by atoms with Crippen LogP contribution >= 0.6 is 11.6 Å². The number of nitrogens with zero attached hydrogens (tertiary/aromatic N) is 3. The molecule has 0 saturated heterocycles. The molecule has 2 aromatic heterocycles. The number of benzene rings is 3. The zero-order valence-electron chi connectivity index (χ0n) is 20.4. The maximum atomic E-state index is 12.7. The number of halogens is 1. The standard InChI is InChI=1S/C28H25ClN4O4/c1-35-21-13-18(14-22(15-21)36-2)16-30-26(34)12-11-25-27(19-7-9-20(29)10-8-19)32-28(37-25)33-17-31-23-5-3-4-6-24(23)33/h3-10,13-15,17H,11-12,16H2,1-2H3,(H,30,34). The summed E-state index contributed by atoms with van der Waals surface area (Å²) in [4.78, 5) is 21.9. The average molecular weight is 517 g/mol. The molecule has 0 unspecified atom stereocenters. The van der Waals surface area contributed by atoms with E-state index in [0.717, 1.165) is 22.2 Å². The van der Waals surface area contributed by atoms with E-state index in [4.69, 9.17) is 30.5 Å². The van der Waals surface area contributed by atoms with Crippen LogP contribution < -0.4 is 14.8 Å². The van der Waals surface area contributed by atoms with Crippen molar-refractivity contribution in [2.45, 2.75) is 19.4 Å². The molecule has 1 amide bonds. The van der Waals surface area contributed by atoms with Crippen LogP contribution in [0.3, 0.4) is 0 Å². The summed E-state index contributed by atoms with van der Waals surface area (Å²) in [7, 11) is 3.18. The molecule has 0 saturated carbocycles. The number of fused-ring (bicyclic) bond motifs is 1. The fraction of sp³-hybridized carbons (Fsp3) is 0.179. The highest BCUT2D eigenvalue weighted by atomic mass is 35.5. The van der Waals surface area contributed by atoms with Gasteiger partial charge in [0.2, 0.25) is 5.91 Å². The van der Waals surface area contributed by atoms with Gasteiger partial charge in [0, 0.05) is 36.0 Å². The van der Waals surface area contributed by atoms with E-state index in [2.05, 4.69) is 10.3 Å². The fourth-order valence-corrected chi connectivity index (χ4v) is 4.17. The van der Waals surface area contributed by atoms with Gasteiger partial charge in [0.25, 0.3) is 0 Å². The third-order valence-electron chi connectivity index (χ3n) is 5.94. The van der Waals surface area contributed by atoms with Crippen molar-refractivity contribution >= 4 is 28.5 Å². The highest BCUT2D eigenvalue weighted by molar-refractivity contribution is 6.30. The molecule has 8 nitrogen and oxygen atoms in total. The van der Waals surface area contributed by atoms with E-state index in [1.807, 2.05) is 48.5 Å². The summed E-state index contributed by atoms with van der Waals surface area (Å²) in [6, 6.07) is 21.0. The second-order valence-electron chi connectivity index (χ2n) is 8.38. The third-order valence-corrected chi connectivity index (χ3v) is 6.20. The van der Waals surface area contributed by atoms with Crippen molar-refractivity contribution in [3.8, 4) is 28.8 Å². The van der Waals surface area contributed by atoms with Crippen LogP contribution in [0, 0.1) is 0 Å². The minimum Gasteiger partial charge on any atom is -0.497 e. The molecule has 0 radical (unpaired) electrons. The lowest BCUT2D eigenvalue weighted by molar-refractivity contribution is -0.121. The first-order valence-corrected chi connectivity index (χ1v) is 12.1. The first kappa shape index (κ1) is 24.4. The Kier molecular flexibility index (Phi) is 7.09. The Bertz CT molecular complexity index is 1520. The van der Waals surface area contributed by atoms with E-state index in [1.165, 1.54) is 0 Å². The smallest absolute Gasteiger partial charge is 0.308 e. The molecule has 0 aliphatic carbocycles. The molecule has 1 N–H and O–H groups in total. The summed E-state index contributed by atoms with van der Waals surface area (Å²) in [6.45, 7) is 0.346. The van der Waals surface area contributed by atoms with Gasteiger partial charge in [-0.3, -0.25) is 9.36 Å². The van der Waals surface area contributed by atoms with Crippen LogP contribution in [0.15, 0.2) is 77.5 Å². The third kappa shape index (κ3) is 5.44. The lowest BCUT2D eigenvalue weighted by atomic mass is 10.1. The van der Waals surface area contributed by atoms with Crippen molar-refractivity contribution in [3.05, 3.63) is 89.4 Å². The van der Waals surface area contributed by atoms with Crippen LogP contribution in [0.2, 0.25) is 5.02 Å². The van der Waals surface area contributed by atoms with Crippen molar-refractivity contribution in [2.75, 3.05) is 14.2 Å². The Morgan fingerprint density at radius 3 is 2.49 bits per heavy atom. The number of aromatic nitrogens is 3. The van der Waals surface area contributed by atoms with Gasteiger partial charge < -0.3 is 19.2 Å². The predicted molar refractivity (Wildman–Crippen MR) is 141 cm³/mol. The molecule has 37 heavy (non-hydrogen) atoms. The summed E-state index contributed by atoms with van der Waals surface area (Å²) in [6.07, 6.45) is 2.27. The summed E-state index contributed by atoms with van der Waals surface area (Å²) >= 11 is 6.09. The Labute approximate surface area is 218 Å². The van der Waals surface area contributed by atoms with E-state index in [0.29, 0.717) is 47.0 Å². The maximum Gasteiger partial charge on any atom is 0.308 e. The molecule has 5 rings (SSSR count). The molecule has 3 aromatic carbocycles. The fourth-order valence-electron chi connectivity index (χ4n) is 4.04. The Hall–Kier alpha value is -4.30. The summed E-state index contributed by atoms with van der Waals surface area (Å²) in [5, 5.41) is 3.58. The van der Waals surface area contributed by atoms with Gasteiger partial charge in [0.05, 0.1) is 25.3 Å². The van der Waals surface area contributed by atoms with Crippen LogP contribution in [-0.2, 0) is 17.8 Å². The highest BCUT2D eigenvalue weighted by Gasteiger charge is 2.19. The van der Waals surface area contributed by atoms with Crippen LogP contribution in [0.4, 0.5) is 0 Å². The monoisotopic (exact) mass is 516 g/mol. The Balaban J connectivity index is 1.35. The summed E-state index contributed by atoms with van der Waals surface area (Å²) in [5.41, 5.74) is 4.10. The number of rotatable bonds is 9. The SMILES string of the molecule is COc1cc(CNC(=O)CCc2oc(-n3cnc4ccccc43)nc2-c2ccc(Cl)cc2)cc(OC)c1. The Morgan fingerprint density at radius 2 is 1.76 bits per heavy atom. The Morgan fingerprint density at radius 1 is 1.03 bits per heavy atom. The van der Waals surface area contributed by atoms with Crippen molar-refractivity contribution in [3.63, 3.8) is 0 Å². The van der Waals surface area contributed by atoms with Gasteiger partial charge in [-0.05, 0) is 42.0 Å². The normalized spacial score (nSPS) is 11.0. The second-order valence-corrected chi connectivity index (χ2v) is 8.81. The molecular weight excluding hydrogens is 492 g/mol. The van der Waals surface area contributed by atoms with Crippen LogP contribution in [-0.4, -0.2) is 34.7 Å². The van der Waals surface area contributed by atoms with Crippen LogP contribution in [0.1, 0.15) is 17.7 Å². The lowest BCUT2D eigenvalue weighted by Crippen LogP contribution is -2.23. The number of nitrogens with one attached hydrogen (secondary N) is 1. The summed E-state index contributed by atoms with van der Waals surface area (Å²) < 4.78 is 18.6. The molecular formula is C28H25ClN4O4. The van der Waals surface area contributed by atoms with Gasteiger partial charge in [-0.15, -0.1) is 0 Å². The minimum absolute atomic E-state index is 0.116. The average Bonchev–Trinajstić information content (AvgIpc) is 3.55. The van der Waals surface area contributed by atoms with Crippen molar-refractivity contribution in [1.82, 2.24) is 19.9 Å². The first-order valence-electron chi connectivity index (χ1n) is 11.7. The molecule has 188 valence electrons. The molecule has 5 aromatic rings. The number of hydrogen-bond acceptors (Lipinski definition) is 6. The van der Waals surface area contributed by atoms with Gasteiger partial charge >= 0.3 is 6.01 Å². The molecule has 0 spiro atoms. The number of carbonyl (C=O) groups excluding carboxylic acids is 1. The quantitative estimate of drug-likeness (QED) is 0.274. The van der Waals surface area contributed by atoms with E-state index >= 15 is 0 Å². The predicted octanol–water partition coefficient (Wildman–Crippen LogP) is 5.60. The van der Waals surface area contributed by atoms with Crippen LogP contribution in [0.25, 0.3) is 28.3 Å². The van der Waals surface area contributed by atoms with Crippen LogP contribution in [0.5, 0.6) is 11.5 Å². The lowest BCUT2D eigenvalue weighted by Gasteiger charge is -2.09. The molecule has 9 heteroatoms. The number of methoxy groups -OCH3 is 2. The largest absolute Gasteiger partial charge is 0.497 e. The van der Waals surface area contributed by atoms with E-state index in [-0.39, 0.29) is 12.3 Å². The van der Waals surface area contributed by atoms with Gasteiger partial charge in [0.15, 0.2) is 0 Å². The number of oxazole rings is 1. The number of carbonyl (C=O) groups is 1. The maximum absolute atomic E-state index is 12.7. The van der Waals surface area contributed by atoms with Crippen molar-refractivity contribution in [1.29, 1.82) is 0 Å². The molecule has 2 heterocycles. The van der Waals surface area contributed by atoms with E-state index in [1.54, 1.807) is 43.3 Å². The van der Waals surface area contributed by atoms with Gasteiger partial charge in [-0.25, -0.2) is 4.98 Å². The van der Waals surface area contributed by atoms with Crippen molar-refractivity contribution < 1.29 is 18.7 Å². The molecule has 0 aliphatic heterocycles. The number of amides is 1. The molecule has 0 fully saturated rings. The van der Waals surface area contributed by atoms with Crippen molar-refractivity contribution in [2.24, 2.45) is 0 Å².